The number of anilines is 2. The summed E-state index contributed by atoms with van der Waals surface area (Å²) >= 11 is 0. The smallest absolute Gasteiger partial charge is 0.226 e. The highest BCUT2D eigenvalue weighted by molar-refractivity contribution is 5.44. The summed E-state index contributed by atoms with van der Waals surface area (Å²) in [6.07, 6.45) is 1.79. The van der Waals surface area contributed by atoms with Crippen LogP contribution < -0.4 is 9.80 Å². The molecule has 0 saturated carbocycles. The van der Waals surface area contributed by atoms with Gasteiger partial charge in [-0.25, -0.2) is 4.98 Å². The summed E-state index contributed by atoms with van der Waals surface area (Å²) in [6, 6.07) is 1.93. The minimum Gasteiger partial charge on any atom is -0.396 e. The van der Waals surface area contributed by atoms with Crippen molar-refractivity contribution in [1.29, 1.82) is 0 Å². The van der Waals surface area contributed by atoms with Gasteiger partial charge in [-0.2, -0.15) is 4.98 Å². The first-order chi connectivity index (χ1) is 8.11. The lowest BCUT2D eigenvalue weighted by Crippen LogP contribution is -2.23. The lowest BCUT2D eigenvalue weighted by molar-refractivity contribution is 0.212. The van der Waals surface area contributed by atoms with Gasteiger partial charge in [-0.05, 0) is 12.0 Å². The molecule has 0 aromatic carbocycles. The molecule has 0 aliphatic carbocycles. The van der Waals surface area contributed by atoms with Crippen LogP contribution in [0.2, 0.25) is 0 Å². The molecule has 1 fully saturated rings. The lowest BCUT2D eigenvalue weighted by Gasteiger charge is -2.19. The average Bonchev–Trinajstić information content (AvgIpc) is 2.71. The fourth-order valence-electron chi connectivity index (χ4n) is 2.19. The third kappa shape index (κ3) is 2.49. The SMILES string of the molecule is C[C@@H]1CN(c2ccnc(N(C)C)n2)C[C@H]1CO. The van der Waals surface area contributed by atoms with Gasteiger partial charge in [0.1, 0.15) is 5.82 Å². The van der Waals surface area contributed by atoms with Gasteiger partial charge < -0.3 is 14.9 Å². The second-order valence-corrected chi connectivity index (χ2v) is 4.93. The highest BCUT2D eigenvalue weighted by Gasteiger charge is 2.29. The highest BCUT2D eigenvalue weighted by atomic mass is 16.3. The summed E-state index contributed by atoms with van der Waals surface area (Å²) < 4.78 is 0. The molecule has 1 saturated heterocycles. The van der Waals surface area contributed by atoms with E-state index in [0.717, 1.165) is 24.9 Å². The topological polar surface area (TPSA) is 52.5 Å². The number of aliphatic hydroxyl groups excluding tert-OH is 1. The Hall–Kier alpha value is -1.36. The Labute approximate surface area is 102 Å². The van der Waals surface area contributed by atoms with E-state index < -0.39 is 0 Å². The van der Waals surface area contributed by atoms with Crippen LogP contribution in [0.4, 0.5) is 11.8 Å². The van der Waals surface area contributed by atoms with E-state index in [-0.39, 0.29) is 6.61 Å². The molecule has 5 heteroatoms. The van der Waals surface area contributed by atoms with E-state index >= 15 is 0 Å². The van der Waals surface area contributed by atoms with Gasteiger partial charge >= 0.3 is 0 Å². The summed E-state index contributed by atoms with van der Waals surface area (Å²) in [5, 5.41) is 9.28. The molecule has 1 aromatic rings. The minimum atomic E-state index is 0.253. The molecule has 0 unspecified atom stereocenters. The minimum absolute atomic E-state index is 0.253. The van der Waals surface area contributed by atoms with Crippen molar-refractivity contribution in [3.05, 3.63) is 12.3 Å². The lowest BCUT2D eigenvalue weighted by atomic mass is 10.00. The van der Waals surface area contributed by atoms with Crippen molar-refractivity contribution < 1.29 is 5.11 Å². The van der Waals surface area contributed by atoms with Gasteiger partial charge in [-0.1, -0.05) is 6.92 Å². The number of rotatable bonds is 3. The van der Waals surface area contributed by atoms with Crippen molar-refractivity contribution in [2.24, 2.45) is 11.8 Å². The molecular weight excluding hydrogens is 216 g/mol. The number of nitrogens with zero attached hydrogens (tertiary/aromatic N) is 4. The monoisotopic (exact) mass is 236 g/mol. The molecule has 1 aliphatic rings. The molecule has 2 heterocycles. The maximum Gasteiger partial charge on any atom is 0.226 e. The highest BCUT2D eigenvalue weighted by Crippen LogP contribution is 2.26. The third-order valence-electron chi connectivity index (χ3n) is 3.35. The first-order valence-corrected chi connectivity index (χ1v) is 5.98. The first-order valence-electron chi connectivity index (χ1n) is 5.98. The van der Waals surface area contributed by atoms with Crippen LogP contribution in [0.1, 0.15) is 6.92 Å². The second kappa shape index (κ2) is 4.87. The van der Waals surface area contributed by atoms with Crippen LogP contribution in [-0.4, -0.2) is 48.9 Å². The summed E-state index contributed by atoms with van der Waals surface area (Å²) in [4.78, 5) is 12.8. The van der Waals surface area contributed by atoms with Gasteiger partial charge in [-0.3, -0.25) is 0 Å². The molecule has 1 aliphatic heterocycles. The number of hydrogen-bond donors (Lipinski definition) is 1. The van der Waals surface area contributed by atoms with E-state index in [4.69, 9.17) is 0 Å². The van der Waals surface area contributed by atoms with Crippen LogP contribution in [0.15, 0.2) is 12.3 Å². The molecule has 0 amide bonds. The van der Waals surface area contributed by atoms with Crippen molar-refractivity contribution >= 4 is 11.8 Å². The van der Waals surface area contributed by atoms with Crippen molar-refractivity contribution in [2.45, 2.75) is 6.92 Å². The predicted octanol–water partition coefficient (Wildman–Crippen LogP) is 0.607. The zero-order chi connectivity index (χ0) is 12.4. The standard InChI is InChI=1S/C12H20N4O/c1-9-6-16(7-10(9)8-17)11-4-5-13-12(14-11)15(2)3/h4-5,9-10,17H,6-8H2,1-3H3/t9-,10+/m1/s1. The zero-order valence-corrected chi connectivity index (χ0v) is 10.7. The Balaban J connectivity index is 2.15. The predicted molar refractivity (Wildman–Crippen MR) is 68.3 cm³/mol. The molecule has 0 bridgehead atoms. The molecule has 0 spiro atoms. The first kappa shape index (κ1) is 12.1. The van der Waals surface area contributed by atoms with Crippen molar-refractivity contribution in [1.82, 2.24) is 9.97 Å². The van der Waals surface area contributed by atoms with Gasteiger partial charge in [0, 0.05) is 45.9 Å². The molecular formula is C12H20N4O. The Kier molecular flexibility index (Phi) is 3.47. The van der Waals surface area contributed by atoms with Gasteiger partial charge in [0.2, 0.25) is 5.95 Å². The Morgan fingerprint density at radius 1 is 1.47 bits per heavy atom. The normalized spacial score (nSPS) is 24.1. The van der Waals surface area contributed by atoms with Gasteiger partial charge in [0.15, 0.2) is 0 Å². The largest absolute Gasteiger partial charge is 0.396 e. The van der Waals surface area contributed by atoms with E-state index in [1.165, 1.54) is 0 Å². The molecule has 17 heavy (non-hydrogen) atoms. The summed E-state index contributed by atoms with van der Waals surface area (Å²) in [6.45, 7) is 4.26. The molecule has 94 valence electrons. The van der Waals surface area contributed by atoms with Crippen molar-refractivity contribution in [3.8, 4) is 0 Å². The second-order valence-electron chi connectivity index (χ2n) is 4.93. The molecule has 2 rings (SSSR count). The number of aromatic nitrogens is 2. The summed E-state index contributed by atoms with van der Waals surface area (Å²) in [5.41, 5.74) is 0. The quantitative estimate of drug-likeness (QED) is 0.833. The van der Waals surface area contributed by atoms with Crippen molar-refractivity contribution in [3.63, 3.8) is 0 Å². The van der Waals surface area contributed by atoms with Crippen LogP contribution >= 0.6 is 0 Å². The van der Waals surface area contributed by atoms with Crippen LogP contribution in [0.5, 0.6) is 0 Å². The fourth-order valence-corrected chi connectivity index (χ4v) is 2.19. The van der Waals surface area contributed by atoms with Crippen LogP contribution in [0.3, 0.4) is 0 Å². The zero-order valence-electron chi connectivity index (χ0n) is 10.7. The molecule has 1 N–H and O–H groups in total. The Bertz CT molecular complexity index is 383. The number of hydrogen-bond acceptors (Lipinski definition) is 5. The van der Waals surface area contributed by atoms with E-state index in [2.05, 4.69) is 21.8 Å². The number of aliphatic hydroxyl groups is 1. The third-order valence-corrected chi connectivity index (χ3v) is 3.35. The van der Waals surface area contributed by atoms with Crippen LogP contribution in [0.25, 0.3) is 0 Å². The summed E-state index contributed by atoms with van der Waals surface area (Å²) in [5.74, 6) is 2.54. The van der Waals surface area contributed by atoms with E-state index in [9.17, 15) is 5.11 Å². The van der Waals surface area contributed by atoms with Crippen LogP contribution in [-0.2, 0) is 0 Å². The fraction of sp³-hybridized carbons (Fsp3) is 0.667. The molecule has 2 atom stereocenters. The van der Waals surface area contributed by atoms with E-state index in [1.807, 2.05) is 25.1 Å². The van der Waals surface area contributed by atoms with E-state index in [1.54, 1.807) is 6.20 Å². The molecule has 0 radical (unpaired) electrons. The van der Waals surface area contributed by atoms with Gasteiger partial charge in [0.25, 0.3) is 0 Å². The van der Waals surface area contributed by atoms with E-state index in [0.29, 0.717) is 11.8 Å². The van der Waals surface area contributed by atoms with Crippen molar-refractivity contribution in [2.75, 3.05) is 43.6 Å². The van der Waals surface area contributed by atoms with Gasteiger partial charge in [0.05, 0.1) is 0 Å². The average molecular weight is 236 g/mol. The Morgan fingerprint density at radius 3 is 2.82 bits per heavy atom. The molecule has 5 nitrogen and oxygen atoms in total. The maximum absolute atomic E-state index is 9.28. The molecule has 1 aromatic heterocycles. The van der Waals surface area contributed by atoms with Crippen LogP contribution in [0, 0.1) is 11.8 Å². The maximum atomic E-state index is 9.28. The van der Waals surface area contributed by atoms with Gasteiger partial charge in [-0.15, -0.1) is 0 Å². The Morgan fingerprint density at radius 2 is 2.24 bits per heavy atom. The summed E-state index contributed by atoms with van der Waals surface area (Å²) in [7, 11) is 3.87.